The van der Waals surface area contributed by atoms with Crippen LogP contribution in [0, 0.1) is 0 Å². The van der Waals surface area contributed by atoms with E-state index in [-0.39, 0.29) is 11.1 Å². The van der Waals surface area contributed by atoms with Gasteiger partial charge in [-0.05, 0) is 54.6 Å². The molecule has 0 amide bonds. The van der Waals surface area contributed by atoms with Gasteiger partial charge in [-0.2, -0.15) is 0 Å². The van der Waals surface area contributed by atoms with Crippen LogP contribution in [0.4, 0.5) is 0 Å². The number of rotatable bonds is 1. The first-order valence-corrected chi connectivity index (χ1v) is 6.36. The van der Waals surface area contributed by atoms with Crippen molar-refractivity contribution in [1.82, 2.24) is 9.80 Å². The number of likely N-dealkylation sites (N-methyl/N-ethyl adjacent to an activating group) is 1. The smallest absolute Gasteiger partial charge is 0.0343 e. The highest BCUT2D eigenvalue weighted by Gasteiger charge is 2.39. The Balaban J connectivity index is 2.93. The van der Waals surface area contributed by atoms with E-state index in [0.29, 0.717) is 6.04 Å². The van der Waals surface area contributed by atoms with Gasteiger partial charge in [0.2, 0.25) is 0 Å². The van der Waals surface area contributed by atoms with Gasteiger partial charge >= 0.3 is 0 Å². The predicted octanol–water partition coefficient (Wildman–Crippen LogP) is 1.53. The third-order valence-electron chi connectivity index (χ3n) is 3.91. The summed E-state index contributed by atoms with van der Waals surface area (Å²) in [5, 5.41) is 0. The highest BCUT2D eigenvalue weighted by atomic mass is 15.3. The molecule has 1 atom stereocenters. The second-order valence-electron chi connectivity index (χ2n) is 6.71. The van der Waals surface area contributed by atoms with Crippen LogP contribution in [-0.4, -0.2) is 53.6 Å². The summed E-state index contributed by atoms with van der Waals surface area (Å²) < 4.78 is 0. The van der Waals surface area contributed by atoms with Crippen molar-refractivity contribution in [3.8, 4) is 0 Å². The van der Waals surface area contributed by atoms with Crippen LogP contribution in [0.15, 0.2) is 0 Å². The first kappa shape index (κ1) is 13.9. The van der Waals surface area contributed by atoms with E-state index in [0.717, 1.165) is 19.6 Å². The lowest BCUT2D eigenvalue weighted by Gasteiger charge is -2.47. The summed E-state index contributed by atoms with van der Waals surface area (Å²) in [6.45, 7) is 14.6. The fraction of sp³-hybridized carbons (Fsp3) is 1.00. The van der Waals surface area contributed by atoms with Crippen LogP contribution in [0.1, 0.15) is 41.0 Å². The van der Waals surface area contributed by atoms with Crippen molar-refractivity contribution in [3.63, 3.8) is 0 Å². The minimum Gasteiger partial charge on any atom is -0.329 e. The minimum atomic E-state index is 0.210. The molecule has 0 aliphatic carbocycles. The van der Waals surface area contributed by atoms with Gasteiger partial charge in [-0.1, -0.05) is 0 Å². The van der Waals surface area contributed by atoms with Crippen LogP contribution in [-0.2, 0) is 0 Å². The van der Waals surface area contributed by atoms with E-state index in [1.807, 2.05) is 0 Å². The van der Waals surface area contributed by atoms with Gasteiger partial charge in [0.25, 0.3) is 0 Å². The Morgan fingerprint density at radius 2 is 1.88 bits per heavy atom. The lowest BCUT2D eigenvalue weighted by atomic mass is 9.92. The summed E-state index contributed by atoms with van der Waals surface area (Å²) in [6.07, 6.45) is 1.21. The molecule has 1 aliphatic rings. The standard InChI is InChI=1S/C13H29N3/c1-12(2,3)16-10-11(9-14)15(6)8-7-13(16,4)5/h11H,7-10,14H2,1-6H3. The third-order valence-corrected chi connectivity index (χ3v) is 3.91. The fourth-order valence-corrected chi connectivity index (χ4v) is 2.80. The van der Waals surface area contributed by atoms with Crippen LogP contribution in [0.3, 0.4) is 0 Å². The molecule has 16 heavy (non-hydrogen) atoms. The third kappa shape index (κ3) is 2.96. The molecule has 96 valence electrons. The molecule has 1 saturated heterocycles. The molecule has 0 aromatic carbocycles. The molecule has 1 heterocycles. The van der Waals surface area contributed by atoms with E-state index in [4.69, 9.17) is 5.73 Å². The Bertz CT molecular complexity index is 230. The Kier molecular flexibility index (Phi) is 4.04. The fourth-order valence-electron chi connectivity index (χ4n) is 2.80. The molecule has 1 unspecified atom stereocenters. The van der Waals surface area contributed by atoms with Crippen LogP contribution < -0.4 is 5.73 Å². The number of nitrogens with two attached hydrogens (primary N) is 1. The average molecular weight is 227 g/mol. The Morgan fingerprint density at radius 1 is 1.31 bits per heavy atom. The summed E-state index contributed by atoms with van der Waals surface area (Å²) in [5.74, 6) is 0. The van der Waals surface area contributed by atoms with Gasteiger partial charge in [0, 0.05) is 30.2 Å². The summed E-state index contributed by atoms with van der Waals surface area (Å²) in [4.78, 5) is 5.02. The van der Waals surface area contributed by atoms with Gasteiger partial charge in [-0.25, -0.2) is 0 Å². The van der Waals surface area contributed by atoms with Crippen molar-refractivity contribution in [2.75, 3.05) is 26.7 Å². The maximum Gasteiger partial charge on any atom is 0.0343 e. The van der Waals surface area contributed by atoms with E-state index < -0.39 is 0 Å². The molecule has 3 nitrogen and oxygen atoms in total. The topological polar surface area (TPSA) is 32.5 Å². The van der Waals surface area contributed by atoms with Crippen molar-refractivity contribution >= 4 is 0 Å². The summed E-state index contributed by atoms with van der Waals surface area (Å²) >= 11 is 0. The Morgan fingerprint density at radius 3 is 2.31 bits per heavy atom. The normalized spacial score (nSPS) is 29.1. The molecule has 0 spiro atoms. The minimum absolute atomic E-state index is 0.210. The SMILES string of the molecule is CN1CCC(C)(C)N(C(C)(C)C)CC1CN. The van der Waals surface area contributed by atoms with E-state index >= 15 is 0 Å². The first-order chi connectivity index (χ1) is 7.18. The molecule has 0 bridgehead atoms. The quantitative estimate of drug-likeness (QED) is 0.737. The average Bonchev–Trinajstić information content (AvgIpc) is 2.23. The van der Waals surface area contributed by atoms with Gasteiger partial charge in [-0.3, -0.25) is 4.90 Å². The molecule has 1 rings (SSSR count). The molecular weight excluding hydrogens is 198 g/mol. The predicted molar refractivity (Wildman–Crippen MR) is 70.6 cm³/mol. The zero-order chi connectivity index (χ0) is 12.6. The summed E-state index contributed by atoms with van der Waals surface area (Å²) in [7, 11) is 2.19. The van der Waals surface area contributed by atoms with E-state index in [9.17, 15) is 0 Å². The van der Waals surface area contributed by atoms with E-state index in [1.165, 1.54) is 6.42 Å². The molecule has 1 fully saturated rings. The van der Waals surface area contributed by atoms with Gasteiger partial charge in [-0.15, -0.1) is 0 Å². The van der Waals surface area contributed by atoms with E-state index in [2.05, 4.69) is 51.5 Å². The Labute approximate surface area is 101 Å². The highest BCUT2D eigenvalue weighted by molar-refractivity contribution is 4.95. The number of hydrogen-bond acceptors (Lipinski definition) is 3. The van der Waals surface area contributed by atoms with Crippen molar-refractivity contribution < 1.29 is 0 Å². The monoisotopic (exact) mass is 227 g/mol. The molecule has 1 aliphatic heterocycles. The molecular formula is C13H29N3. The van der Waals surface area contributed by atoms with Crippen LogP contribution in [0.5, 0.6) is 0 Å². The second-order valence-corrected chi connectivity index (χ2v) is 6.71. The van der Waals surface area contributed by atoms with Crippen LogP contribution >= 0.6 is 0 Å². The number of hydrogen-bond donors (Lipinski definition) is 1. The first-order valence-electron chi connectivity index (χ1n) is 6.36. The van der Waals surface area contributed by atoms with Crippen molar-refractivity contribution in [1.29, 1.82) is 0 Å². The summed E-state index contributed by atoms with van der Waals surface area (Å²) in [6, 6.07) is 0.487. The maximum atomic E-state index is 5.89. The highest BCUT2D eigenvalue weighted by Crippen LogP contribution is 2.30. The zero-order valence-electron chi connectivity index (χ0n) is 11.9. The molecule has 0 aromatic rings. The Hall–Kier alpha value is -0.120. The largest absolute Gasteiger partial charge is 0.329 e. The van der Waals surface area contributed by atoms with Crippen molar-refractivity contribution in [2.24, 2.45) is 5.73 Å². The van der Waals surface area contributed by atoms with Gasteiger partial charge in [0.05, 0.1) is 0 Å². The van der Waals surface area contributed by atoms with Gasteiger partial charge in [0.15, 0.2) is 0 Å². The lowest BCUT2D eigenvalue weighted by molar-refractivity contribution is 0.0250. The molecule has 0 radical (unpaired) electrons. The lowest BCUT2D eigenvalue weighted by Crippen LogP contribution is -2.56. The van der Waals surface area contributed by atoms with Crippen LogP contribution in [0.25, 0.3) is 0 Å². The van der Waals surface area contributed by atoms with Gasteiger partial charge in [0.1, 0.15) is 0 Å². The zero-order valence-corrected chi connectivity index (χ0v) is 11.9. The van der Waals surface area contributed by atoms with E-state index in [1.54, 1.807) is 0 Å². The number of nitrogens with zero attached hydrogens (tertiary/aromatic N) is 2. The van der Waals surface area contributed by atoms with Crippen molar-refractivity contribution in [2.45, 2.75) is 58.2 Å². The van der Waals surface area contributed by atoms with Gasteiger partial charge < -0.3 is 10.6 Å². The summed E-state index contributed by atoms with van der Waals surface area (Å²) in [5.41, 5.74) is 6.36. The molecule has 2 N–H and O–H groups in total. The van der Waals surface area contributed by atoms with Crippen molar-refractivity contribution in [3.05, 3.63) is 0 Å². The molecule has 3 heteroatoms. The molecule has 0 saturated carbocycles. The van der Waals surface area contributed by atoms with Crippen LogP contribution in [0.2, 0.25) is 0 Å². The maximum absolute atomic E-state index is 5.89. The molecule has 0 aromatic heterocycles. The second kappa shape index (κ2) is 4.63.